The van der Waals surface area contributed by atoms with Crippen LogP contribution in [-0.2, 0) is 6.42 Å². The molecule has 80 valence electrons. The van der Waals surface area contributed by atoms with Crippen molar-refractivity contribution in [2.45, 2.75) is 25.2 Å². The zero-order valence-electron chi connectivity index (χ0n) is 9.46. The Hall–Kier alpha value is -1.31. The molecule has 1 aromatic carbocycles. The molecule has 0 saturated heterocycles. The van der Waals surface area contributed by atoms with E-state index in [0.29, 0.717) is 5.92 Å². The number of nitrogens with one attached hydrogen (secondary N) is 1. The third-order valence-corrected chi connectivity index (χ3v) is 3.18. The normalized spacial score (nSPS) is 19.5. The molecule has 0 radical (unpaired) electrons. The van der Waals surface area contributed by atoms with Crippen molar-refractivity contribution in [3.8, 4) is 0 Å². The first-order valence-electron chi connectivity index (χ1n) is 5.53. The van der Waals surface area contributed by atoms with Gasteiger partial charge in [-0.3, -0.25) is 5.41 Å². The minimum atomic E-state index is 0.310. The summed E-state index contributed by atoms with van der Waals surface area (Å²) in [5.41, 5.74) is 2.79. The average Bonchev–Trinajstić information content (AvgIpc) is 2.27. The van der Waals surface area contributed by atoms with E-state index in [1.165, 1.54) is 24.0 Å². The van der Waals surface area contributed by atoms with Crippen LogP contribution in [0.5, 0.6) is 0 Å². The molecule has 1 aliphatic carbocycles. The van der Waals surface area contributed by atoms with Crippen molar-refractivity contribution in [1.82, 2.24) is 4.90 Å². The van der Waals surface area contributed by atoms with Crippen molar-refractivity contribution in [3.63, 3.8) is 0 Å². The van der Waals surface area contributed by atoms with Gasteiger partial charge in [0.25, 0.3) is 0 Å². The topological polar surface area (TPSA) is 27.1 Å². The van der Waals surface area contributed by atoms with E-state index in [1.54, 1.807) is 0 Å². The summed E-state index contributed by atoms with van der Waals surface area (Å²) in [6.45, 7) is 0. The van der Waals surface area contributed by atoms with Gasteiger partial charge in [0, 0.05) is 20.0 Å². The van der Waals surface area contributed by atoms with Gasteiger partial charge in [-0.2, -0.15) is 0 Å². The van der Waals surface area contributed by atoms with Crippen molar-refractivity contribution >= 4 is 5.84 Å². The van der Waals surface area contributed by atoms with Crippen molar-refractivity contribution in [1.29, 1.82) is 5.41 Å². The lowest BCUT2D eigenvalue weighted by Gasteiger charge is -2.29. The van der Waals surface area contributed by atoms with Gasteiger partial charge in [0.05, 0.1) is 0 Å². The lowest BCUT2D eigenvalue weighted by Crippen LogP contribution is -2.29. The lowest BCUT2D eigenvalue weighted by molar-refractivity contribution is 0.545. The number of rotatable bonds is 1. The summed E-state index contributed by atoms with van der Waals surface area (Å²) in [5, 5.41) is 8.09. The Kier molecular flexibility index (Phi) is 2.76. The standard InChI is InChI=1S/C13H18N2/c1-15(2)13(14)12-9-5-7-10-6-3-4-8-11(10)12/h3-4,6,8,12,14H,5,7,9H2,1-2H3. The Bertz CT molecular complexity index is 369. The molecule has 0 saturated carbocycles. The fourth-order valence-corrected chi connectivity index (χ4v) is 2.35. The summed E-state index contributed by atoms with van der Waals surface area (Å²) >= 11 is 0. The molecule has 2 rings (SSSR count). The van der Waals surface area contributed by atoms with Crippen LogP contribution in [0, 0.1) is 5.41 Å². The largest absolute Gasteiger partial charge is 0.366 e. The number of nitrogens with zero attached hydrogens (tertiary/aromatic N) is 1. The van der Waals surface area contributed by atoms with Gasteiger partial charge in [0.2, 0.25) is 0 Å². The highest BCUT2D eigenvalue weighted by atomic mass is 15.1. The third-order valence-electron chi connectivity index (χ3n) is 3.18. The summed E-state index contributed by atoms with van der Waals surface area (Å²) in [6, 6.07) is 8.56. The predicted molar refractivity (Wildman–Crippen MR) is 63.5 cm³/mol. The summed E-state index contributed by atoms with van der Waals surface area (Å²) < 4.78 is 0. The van der Waals surface area contributed by atoms with Crippen LogP contribution in [0.1, 0.15) is 29.9 Å². The van der Waals surface area contributed by atoms with Crippen LogP contribution < -0.4 is 0 Å². The van der Waals surface area contributed by atoms with Crippen LogP contribution in [0.25, 0.3) is 0 Å². The fourth-order valence-electron chi connectivity index (χ4n) is 2.35. The van der Waals surface area contributed by atoms with Crippen molar-refractivity contribution in [2.75, 3.05) is 14.1 Å². The average molecular weight is 202 g/mol. The van der Waals surface area contributed by atoms with Gasteiger partial charge in [-0.1, -0.05) is 24.3 Å². The number of likely N-dealkylation sites (N-methyl/N-ethyl adjacent to an activating group) is 1. The highest BCUT2D eigenvalue weighted by Crippen LogP contribution is 2.32. The van der Waals surface area contributed by atoms with Crippen molar-refractivity contribution in [2.24, 2.45) is 0 Å². The van der Waals surface area contributed by atoms with Crippen LogP contribution in [0.2, 0.25) is 0 Å². The maximum Gasteiger partial charge on any atom is 0.103 e. The molecule has 0 aliphatic heterocycles. The molecule has 1 N–H and O–H groups in total. The van der Waals surface area contributed by atoms with E-state index in [0.717, 1.165) is 12.3 Å². The molecule has 0 fully saturated rings. The molecule has 2 nitrogen and oxygen atoms in total. The number of hydrogen-bond donors (Lipinski definition) is 1. The number of fused-ring (bicyclic) bond motifs is 1. The van der Waals surface area contributed by atoms with Gasteiger partial charge < -0.3 is 4.90 Å². The van der Waals surface area contributed by atoms with Crippen molar-refractivity contribution < 1.29 is 0 Å². The second kappa shape index (κ2) is 4.05. The molecule has 1 aromatic rings. The molecular weight excluding hydrogens is 184 g/mol. The van der Waals surface area contributed by atoms with Gasteiger partial charge >= 0.3 is 0 Å². The van der Waals surface area contributed by atoms with Crippen LogP contribution in [-0.4, -0.2) is 24.8 Å². The Morgan fingerprint density at radius 1 is 1.33 bits per heavy atom. The number of aryl methyl sites for hydroxylation is 1. The molecule has 1 unspecified atom stereocenters. The first-order chi connectivity index (χ1) is 7.20. The Balaban J connectivity index is 2.34. The zero-order chi connectivity index (χ0) is 10.8. The second-order valence-electron chi connectivity index (χ2n) is 4.42. The predicted octanol–water partition coefficient (Wildman–Crippen LogP) is 2.65. The van der Waals surface area contributed by atoms with Crippen LogP contribution >= 0.6 is 0 Å². The van der Waals surface area contributed by atoms with E-state index in [1.807, 2.05) is 19.0 Å². The number of amidine groups is 1. The maximum absolute atomic E-state index is 8.09. The molecule has 0 heterocycles. The molecule has 0 amide bonds. The second-order valence-corrected chi connectivity index (χ2v) is 4.42. The summed E-state index contributed by atoms with van der Waals surface area (Å²) in [5.74, 6) is 1.05. The Morgan fingerprint density at radius 3 is 2.80 bits per heavy atom. The van der Waals surface area contributed by atoms with E-state index in [4.69, 9.17) is 5.41 Å². The molecule has 15 heavy (non-hydrogen) atoms. The first kappa shape index (κ1) is 10.2. The summed E-state index contributed by atoms with van der Waals surface area (Å²) in [7, 11) is 3.92. The van der Waals surface area contributed by atoms with Crippen molar-refractivity contribution in [3.05, 3.63) is 35.4 Å². The molecule has 0 aromatic heterocycles. The number of benzene rings is 1. The monoisotopic (exact) mass is 202 g/mol. The van der Waals surface area contributed by atoms with Crippen LogP contribution in [0.15, 0.2) is 24.3 Å². The minimum absolute atomic E-state index is 0.310. The van der Waals surface area contributed by atoms with Crippen LogP contribution in [0.4, 0.5) is 0 Å². The maximum atomic E-state index is 8.09. The molecule has 1 atom stereocenters. The SMILES string of the molecule is CN(C)C(=N)C1CCCc2ccccc21. The molecule has 0 bridgehead atoms. The van der Waals surface area contributed by atoms with Gasteiger partial charge in [-0.05, 0) is 30.4 Å². The van der Waals surface area contributed by atoms with Gasteiger partial charge in [-0.25, -0.2) is 0 Å². The molecule has 1 aliphatic rings. The molecule has 0 spiro atoms. The third kappa shape index (κ3) is 1.89. The highest BCUT2D eigenvalue weighted by molar-refractivity contribution is 5.86. The van der Waals surface area contributed by atoms with Gasteiger partial charge in [-0.15, -0.1) is 0 Å². The van der Waals surface area contributed by atoms with E-state index < -0.39 is 0 Å². The summed E-state index contributed by atoms with van der Waals surface area (Å²) in [6.07, 6.45) is 3.50. The smallest absolute Gasteiger partial charge is 0.103 e. The quantitative estimate of drug-likeness (QED) is 0.550. The van der Waals surface area contributed by atoms with Gasteiger partial charge in [0.1, 0.15) is 5.84 Å². The van der Waals surface area contributed by atoms with Crippen LogP contribution in [0.3, 0.4) is 0 Å². The van der Waals surface area contributed by atoms with Gasteiger partial charge in [0.15, 0.2) is 0 Å². The lowest BCUT2D eigenvalue weighted by atomic mass is 9.82. The van der Waals surface area contributed by atoms with E-state index in [9.17, 15) is 0 Å². The first-order valence-corrected chi connectivity index (χ1v) is 5.53. The zero-order valence-corrected chi connectivity index (χ0v) is 9.46. The fraction of sp³-hybridized carbons (Fsp3) is 0.462. The Labute approximate surface area is 91.4 Å². The molecular formula is C13H18N2. The van der Waals surface area contributed by atoms with E-state index in [2.05, 4.69) is 24.3 Å². The highest BCUT2D eigenvalue weighted by Gasteiger charge is 2.24. The Morgan fingerprint density at radius 2 is 2.07 bits per heavy atom. The van der Waals surface area contributed by atoms with E-state index in [-0.39, 0.29) is 0 Å². The minimum Gasteiger partial charge on any atom is -0.366 e. The summed E-state index contributed by atoms with van der Waals surface area (Å²) in [4.78, 5) is 1.92. The molecule has 2 heteroatoms. The van der Waals surface area contributed by atoms with E-state index >= 15 is 0 Å². The number of hydrogen-bond acceptors (Lipinski definition) is 1.